The maximum absolute atomic E-state index is 11.0. The summed E-state index contributed by atoms with van der Waals surface area (Å²) in [5, 5.41) is 19.9. The Labute approximate surface area is 114 Å². The van der Waals surface area contributed by atoms with Gasteiger partial charge >= 0.3 is 0 Å². The van der Waals surface area contributed by atoms with Gasteiger partial charge in [0.25, 0.3) is 5.69 Å². The van der Waals surface area contributed by atoms with E-state index in [0.29, 0.717) is 21.7 Å². The summed E-state index contributed by atoms with van der Waals surface area (Å²) in [5.74, 6) is 0. The van der Waals surface area contributed by atoms with Gasteiger partial charge in [0.2, 0.25) is 0 Å². The molecule has 0 bridgehead atoms. The fraction of sp³-hybridized carbons (Fsp3) is 0.154. The van der Waals surface area contributed by atoms with E-state index in [9.17, 15) is 10.1 Å². The van der Waals surface area contributed by atoms with Crippen LogP contribution in [0.25, 0.3) is 10.4 Å². The van der Waals surface area contributed by atoms with Crippen LogP contribution in [0.2, 0.25) is 0 Å². The van der Waals surface area contributed by atoms with Crippen LogP contribution in [0, 0.1) is 35.3 Å². The normalized spacial score (nSPS) is 10.2. The van der Waals surface area contributed by atoms with Crippen molar-refractivity contribution < 1.29 is 4.92 Å². The van der Waals surface area contributed by atoms with E-state index in [2.05, 4.69) is 0 Å². The number of thiophene rings is 1. The van der Waals surface area contributed by atoms with Crippen LogP contribution >= 0.6 is 11.3 Å². The van der Waals surface area contributed by atoms with Gasteiger partial charge in [0, 0.05) is 16.5 Å². The number of hydrogen-bond acceptors (Lipinski definition) is 5. The molecule has 2 N–H and O–H groups in total. The third-order valence-electron chi connectivity index (χ3n) is 2.96. The Morgan fingerprint density at radius 1 is 1.42 bits per heavy atom. The van der Waals surface area contributed by atoms with E-state index in [1.807, 2.05) is 19.1 Å². The van der Waals surface area contributed by atoms with E-state index >= 15 is 0 Å². The Balaban J connectivity index is 2.64. The average Bonchev–Trinajstić information content (AvgIpc) is 2.66. The smallest absolute Gasteiger partial charge is 0.272 e. The summed E-state index contributed by atoms with van der Waals surface area (Å²) >= 11 is 1.26. The van der Waals surface area contributed by atoms with E-state index in [-0.39, 0.29) is 5.69 Å². The van der Waals surface area contributed by atoms with Crippen LogP contribution in [-0.2, 0) is 0 Å². The van der Waals surface area contributed by atoms with Crippen molar-refractivity contribution in [2.24, 2.45) is 0 Å². The number of nitrogen functional groups attached to an aromatic ring is 1. The number of aryl methyl sites for hydroxylation is 1. The number of nitrogens with two attached hydrogens (primary N) is 1. The van der Waals surface area contributed by atoms with Gasteiger partial charge < -0.3 is 5.73 Å². The van der Waals surface area contributed by atoms with Crippen molar-refractivity contribution in [3.8, 4) is 16.5 Å². The second kappa shape index (κ2) is 4.71. The number of hydrogen-bond donors (Lipinski definition) is 1. The Morgan fingerprint density at radius 3 is 2.63 bits per heavy atom. The first kappa shape index (κ1) is 13.1. The van der Waals surface area contributed by atoms with Crippen molar-refractivity contribution in [2.75, 3.05) is 5.73 Å². The first-order valence-electron chi connectivity index (χ1n) is 5.50. The molecule has 1 aromatic heterocycles. The molecule has 0 aliphatic carbocycles. The molecule has 0 spiro atoms. The van der Waals surface area contributed by atoms with Crippen molar-refractivity contribution in [1.29, 1.82) is 5.26 Å². The zero-order valence-electron chi connectivity index (χ0n) is 10.4. The van der Waals surface area contributed by atoms with Crippen LogP contribution in [0.3, 0.4) is 0 Å². The van der Waals surface area contributed by atoms with Crippen LogP contribution in [0.1, 0.15) is 16.0 Å². The molecule has 0 amide bonds. The molecule has 1 aromatic carbocycles. The molecular weight excluding hydrogens is 262 g/mol. The zero-order chi connectivity index (χ0) is 14.2. The van der Waals surface area contributed by atoms with Crippen LogP contribution in [0.4, 0.5) is 11.4 Å². The molecule has 0 saturated heterocycles. The number of nitro benzene ring substituents is 1. The highest BCUT2D eigenvalue weighted by atomic mass is 32.1. The SMILES string of the molecule is Cc1ccc(-c2sc(C#N)c(N)c2C)cc1[N+](=O)[O-]. The lowest BCUT2D eigenvalue weighted by Gasteiger charge is -2.02. The molecule has 2 rings (SSSR count). The number of benzene rings is 1. The van der Waals surface area contributed by atoms with Crippen LogP contribution in [-0.4, -0.2) is 4.92 Å². The van der Waals surface area contributed by atoms with Crippen molar-refractivity contribution in [3.63, 3.8) is 0 Å². The molecule has 2 aromatic rings. The molecule has 0 fully saturated rings. The molecule has 19 heavy (non-hydrogen) atoms. The molecule has 0 atom stereocenters. The van der Waals surface area contributed by atoms with Crippen LogP contribution in [0.15, 0.2) is 18.2 Å². The number of nitro groups is 1. The monoisotopic (exact) mass is 273 g/mol. The van der Waals surface area contributed by atoms with Gasteiger partial charge in [-0.25, -0.2) is 0 Å². The van der Waals surface area contributed by atoms with Crippen LogP contribution in [0.5, 0.6) is 0 Å². The predicted octanol–water partition coefficient (Wildman–Crippen LogP) is 3.39. The lowest BCUT2D eigenvalue weighted by Crippen LogP contribution is -1.92. The van der Waals surface area contributed by atoms with Gasteiger partial charge in [-0.3, -0.25) is 10.1 Å². The van der Waals surface area contributed by atoms with E-state index in [4.69, 9.17) is 11.0 Å². The third kappa shape index (κ3) is 2.16. The fourth-order valence-corrected chi connectivity index (χ4v) is 2.85. The quantitative estimate of drug-likeness (QED) is 0.670. The maximum Gasteiger partial charge on any atom is 0.272 e. The predicted molar refractivity (Wildman–Crippen MR) is 75.0 cm³/mol. The van der Waals surface area contributed by atoms with Crippen molar-refractivity contribution in [2.45, 2.75) is 13.8 Å². The summed E-state index contributed by atoms with van der Waals surface area (Å²) in [5.41, 5.74) is 8.47. The van der Waals surface area contributed by atoms with Crippen molar-refractivity contribution >= 4 is 22.7 Å². The highest BCUT2D eigenvalue weighted by molar-refractivity contribution is 7.16. The zero-order valence-corrected chi connectivity index (χ0v) is 11.2. The third-order valence-corrected chi connectivity index (χ3v) is 4.22. The van der Waals surface area contributed by atoms with Crippen molar-refractivity contribution in [3.05, 3.63) is 44.3 Å². The molecule has 1 heterocycles. The largest absolute Gasteiger partial charge is 0.397 e. The van der Waals surface area contributed by atoms with Gasteiger partial charge in [0.15, 0.2) is 0 Å². The molecule has 0 aliphatic rings. The van der Waals surface area contributed by atoms with E-state index in [0.717, 1.165) is 10.4 Å². The molecule has 0 aliphatic heterocycles. The number of rotatable bonds is 2. The fourth-order valence-electron chi connectivity index (χ4n) is 1.83. The van der Waals surface area contributed by atoms with Gasteiger partial charge in [0.1, 0.15) is 10.9 Å². The summed E-state index contributed by atoms with van der Waals surface area (Å²) in [6, 6.07) is 7.07. The summed E-state index contributed by atoms with van der Waals surface area (Å²) in [4.78, 5) is 11.8. The maximum atomic E-state index is 11.0. The second-order valence-electron chi connectivity index (χ2n) is 4.17. The summed E-state index contributed by atoms with van der Waals surface area (Å²) in [6.45, 7) is 3.51. The van der Waals surface area contributed by atoms with E-state index < -0.39 is 4.92 Å². The minimum Gasteiger partial charge on any atom is -0.397 e. The molecule has 96 valence electrons. The molecule has 0 saturated carbocycles. The molecule has 0 radical (unpaired) electrons. The summed E-state index contributed by atoms with van der Waals surface area (Å²) in [7, 11) is 0. The minimum absolute atomic E-state index is 0.0716. The minimum atomic E-state index is -0.406. The topological polar surface area (TPSA) is 93.0 Å². The first-order chi connectivity index (χ1) is 8.95. The van der Waals surface area contributed by atoms with Gasteiger partial charge in [-0.1, -0.05) is 12.1 Å². The Bertz CT molecular complexity index is 713. The van der Waals surface area contributed by atoms with Gasteiger partial charge in [-0.05, 0) is 25.0 Å². The molecule has 0 unspecified atom stereocenters. The lowest BCUT2D eigenvalue weighted by atomic mass is 10.1. The summed E-state index contributed by atoms with van der Waals surface area (Å²) in [6.07, 6.45) is 0. The van der Waals surface area contributed by atoms with Crippen LogP contribution < -0.4 is 5.73 Å². The van der Waals surface area contributed by atoms with Gasteiger partial charge in [-0.15, -0.1) is 11.3 Å². The highest BCUT2D eigenvalue weighted by Crippen LogP contribution is 2.39. The number of anilines is 1. The number of nitriles is 1. The Morgan fingerprint density at radius 2 is 2.11 bits per heavy atom. The molecule has 6 heteroatoms. The van der Waals surface area contributed by atoms with Gasteiger partial charge in [0.05, 0.1) is 10.6 Å². The van der Waals surface area contributed by atoms with E-state index in [1.54, 1.807) is 13.0 Å². The van der Waals surface area contributed by atoms with Gasteiger partial charge in [-0.2, -0.15) is 5.26 Å². The van der Waals surface area contributed by atoms with Crippen molar-refractivity contribution in [1.82, 2.24) is 0 Å². The lowest BCUT2D eigenvalue weighted by molar-refractivity contribution is -0.385. The standard InChI is InChI=1S/C13H11N3O2S/c1-7-3-4-9(5-10(7)16(17)18)13-8(2)12(15)11(6-14)19-13/h3-5H,15H2,1-2H3. The summed E-state index contributed by atoms with van der Waals surface area (Å²) < 4.78 is 0. The number of nitrogens with zero attached hydrogens (tertiary/aromatic N) is 2. The average molecular weight is 273 g/mol. The Kier molecular flexibility index (Phi) is 3.23. The molecular formula is C13H11N3O2S. The Hall–Kier alpha value is -2.39. The van der Waals surface area contributed by atoms with E-state index in [1.165, 1.54) is 17.4 Å². The first-order valence-corrected chi connectivity index (χ1v) is 6.31. The second-order valence-corrected chi connectivity index (χ2v) is 5.19. The molecule has 5 nitrogen and oxygen atoms in total. The highest BCUT2D eigenvalue weighted by Gasteiger charge is 2.17.